The highest BCUT2D eigenvalue weighted by Crippen LogP contribution is 2.67. The number of ether oxygens (including phenoxy) is 1. The summed E-state index contributed by atoms with van der Waals surface area (Å²) in [4.78, 5) is 11.7. The number of aliphatic carboxylic acids is 1. The standard InChI is InChI=1S/C24H32O3/c1-4-13-24-14-6-5-7-16(24)8-9-17-18-10-11-20(21(27-3)22(25)26)23(18,2)15-12-19(17)24/h1,8,17-19H,5-7,9-15H2,2-3H3,(H,25,26)/b21-20-/t17-,18-,19-,23-,24-/m0/s1. The molecular formula is C24H32O3. The summed E-state index contributed by atoms with van der Waals surface area (Å²) in [7, 11) is 1.50. The predicted molar refractivity (Wildman–Crippen MR) is 106 cm³/mol. The number of carboxylic acid groups (broad SMARTS) is 1. The third-order valence-electron chi connectivity index (χ3n) is 8.62. The van der Waals surface area contributed by atoms with Gasteiger partial charge in [-0.25, -0.2) is 4.79 Å². The number of carbonyl (C=O) groups is 1. The van der Waals surface area contributed by atoms with E-state index in [9.17, 15) is 9.90 Å². The molecule has 146 valence electrons. The quantitative estimate of drug-likeness (QED) is 0.317. The molecule has 0 amide bonds. The molecule has 0 saturated heterocycles. The Labute approximate surface area is 163 Å². The van der Waals surface area contributed by atoms with Gasteiger partial charge in [-0.15, -0.1) is 12.3 Å². The topological polar surface area (TPSA) is 46.5 Å². The number of hydrogen-bond acceptors (Lipinski definition) is 2. The first-order chi connectivity index (χ1) is 13.0. The third-order valence-corrected chi connectivity index (χ3v) is 8.62. The average Bonchev–Trinajstić information content (AvgIpc) is 2.99. The van der Waals surface area contributed by atoms with Gasteiger partial charge in [-0.1, -0.05) is 25.0 Å². The van der Waals surface area contributed by atoms with Crippen LogP contribution in [0.4, 0.5) is 0 Å². The van der Waals surface area contributed by atoms with Crippen molar-refractivity contribution in [1.82, 2.24) is 0 Å². The monoisotopic (exact) mass is 368 g/mol. The Morgan fingerprint density at radius 3 is 2.81 bits per heavy atom. The lowest BCUT2D eigenvalue weighted by Crippen LogP contribution is -2.49. The molecular weight excluding hydrogens is 336 g/mol. The lowest BCUT2D eigenvalue weighted by Gasteiger charge is -2.57. The second kappa shape index (κ2) is 6.73. The Hall–Kier alpha value is -1.69. The Balaban J connectivity index is 1.73. The molecule has 4 aliphatic rings. The lowest BCUT2D eigenvalue weighted by molar-refractivity contribution is -0.136. The molecule has 0 radical (unpaired) electrons. The molecule has 0 unspecified atom stereocenters. The summed E-state index contributed by atoms with van der Waals surface area (Å²) in [6, 6.07) is 0. The lowest BCUT2D eigenvalue weighted by atomic mass is 9.46. The van der Waals surface area contributed by atoms with Gasteiger partial charge in [0.2, 0.25) is 5.76 Å². The Kier molecular flexibility index (Phi) is 4.65. The van der Waals surface area contributed by atoms with Gasteiger partial charge in [-0.05, 0) is 80.1 Å². The van der Waals surface area contributed by atoms with Gasteiger partial charge in [0.1, 0.15) is 0 Å². The Bertz CT molecular complexity index is 739. The van der Waals surface area contributed by atoms with E-state index in [0.29, 0.717) is 17.8 Å². The molecule has 0 aliphatic heterocycles. The normalized spacial score (nSPS) is 42.1. The molecule has 0 aromatic heterocycles. The molecule has 1 N–H and O–H groups in total. The van der Waals surface area contributed by atoms with Gasteiger partial charge in [0.05, 0.1) is 7.11 Å². The van der Waals surface area contributed by atoms with Crippen LogP contribution in [0.2, 0.25) is 0 Å². The number of hydrogen-bond donors (Lipinski definition) is 1. The second-order valence-corrected chi connectivity index (χ2v) is 9.40. The van der Waals surface area contributed by atoms with E-state index in [2.05, 4.69) is 18.9 Å². The molecule has 4 aliphatic carbocycles. The molecule has 5 atom stereocenters. The van der Waals surface area contributed by atoms with E-state index in [4.69, 9.17) is 11.2 Å². The number of fused-ring (bicyclic) bond motifs is 5. The fourth-order valence-corrected chi connectivity index (χ4v) is 7.52. The summed E-state index contributed by atoms with van der Waals surface area (Å²) >= 11 is 0. The van der Waals surface area contributed by atoms with Crippen molar-refractivity contribution < 1.29 is 14.6 Å². The first kappa shape index (κ1) is 18.7. The minimum absolute atomic E-state index is 0.0394. The summed E-state index contributed by atoms with van der Waals surface area (Å²) < 4.78 is 5.33. The van der Waals surface area contributed by atoms with Gasteiger partial charge in [0, 0.05) is 11.8 Å². The fraction of sp³-hybridized carbons (Fsp3) is 0.708. The van der Waals surface area contributed by atoms with Crippen molar-refractivity contribution in [3.8, 4) is 12.3 Å². The highest BCUT2D eigenvalue weighted by atomic mass is 16.5. The second-order valence-electron chi connectivity index (χ2n) is 9.40. The molecule has 3 saturated carbocycles. The van der Waals surface area contributed by atoms with Crippen LogP contribution >= 0.6 is 0 Å². The minimum atomic E-state index is -0.918. The van der Waals surface area contributed by atoms with Crippen molar-refractivity contribution in [3.63, 3.8) is 0 Å². The predicted octanol–water partition coefficient (Wildman–Crippen LogP) is 5.33. The van der Waals surface area contributed by atoms with E-state index in [1.807, 2.05) is 0 Å². The van der Waals surface area contributed by atoms with Crippen molar-refractivity contribution in [2.75, 3.05) is 7.11 Å². The molecule has 3 heteroatoms. The highest BCUT2D eigenvalue weighted by Gasteiger charge is 2.58. The molecule has 0 aromatic rings. The zero-order valence-electron chi connectivity index (χ0n) is 16.7. The third kappa shape index (κ3) is 2.59. The van der Waals surface area contributed by atoms with E-state index < -0.39 is 5.97 Å². The molecule has 0 heterocycles. The Morgan fingerprint density at radius 1 is 1.30 bits per heavy atom. The highest BCUT2D eigenvalue weighted by molar-refractivity contribution is 5.85. The van der Waals surface area contributed by atoms with Gasteiger partial charge in [-0.2, -0.15) is 0 Å². The molecule has 4 rings (SSSR count). The number of methoxy groups -OCH3 is 1. The summed E-state index contributed by atoms with van der Waals surface area (Å²) in [5.74, 6) is 4.15. The summed E-state index contributed by atoms with van der Waals surface area (Å²) in [6.45, 7) is 2.30. The van der Waals surface area contributed by atoms with Crippen LogP contribution in [0.25, 0.3) is 0 Å². The number of carboxylic acids is 1. The molecule has 0 aromatic carbocycles. The van der Waals surface area contributed by atoms with Crippen molar-refractivity contribution in [3.05, 3.63) is 23.0 Å². The summed E-state index contributed by atoms with van der Waals surface area (Å²) in [5, 5.41) is 9.62. The SMILES string of the molecule is C#CC[C@]12CCCCC1=CC[C@@H]1[C@@H]2CC[C@]2(C)/C(=C(\OC)C(=O)O)CC[C@@H]12. The van der Waals surface area contributed by atoms with Crippen LogP contribution in [0.3, 0.4) is 0 Å². The van der Waals surface area contributed by atoms with Crippen LogP contribution in [0, 0.1) is 40.9 Å². The number of allylic oxidation sites excluding steroid dienone is 3. The van der Waals surface area contributed by atoms with E-state index in [0.717, 1.165) is 44.1 Å². The Morgan fingerprint density at radius 2 is 2.11 bits per heavy atom. The maximum absolute atomic E-state index is 11.7. The maximum Gasteiger partial charge on any atom is 0.371 e. The average molecular weight is 369 g/mol. The van der Waals surface area contributed by atoms with Crippen LogP contribution in [-0.2, 0) is 9.53 Å². The first-order valence-electron chi connectivity index (χ1n) is 10.6. The van der Waals surface area contributed by atoms with Crippen LogP contribution in [-0.4, -0.2) is 18.2 Å². The maximum atomic E-state index is 11.7. The minimum Gasteiger partial charge on any atom is -0.490 e. The molecule has 27 heavy (non-hydrogen) atoms. The van der Waals surface area contributed by atoms with Crippen molar-refractivity contribution >= 4 is 5.97 Å². The van der Waals surface area contributed by atoms with Gasteiger partial charge >= 0.3 is 5.97 Å². The smallest absolute Gasteiger partial charge is 0.371 e. The van der Waals surface area contributed by atoms with Gasteiger partial charge in [-0.3, -0.25) is 0 Å². The molecule has 3 nitrogen and oxygen atoms in total. The zero-order chi connectivity index (χ0) is 19.2. The molecule has 0 spiro atoms. The van der Waals surface area contributed by atoms with Gasteiger partial charge < -0.3 is 9.84 Å². The molecule has 3 fully saturated rings. The van der Waals surface area contributed by atoms with Crippen molar-refractivity contribution in [2.24, 2.45) is 28.6 Å². The van der Waals surface area contributed by atoms with Crippen LogP contribution < -0.4 is 0 Å². The fourth-order valence-electron chi connectivity index (χ4n) is 7.52. The van der Waals surface area contributed by atoms with Crippen LogP contribution in [0.5, 0.6) is 0 Å². The zero-order valence-corrected chi connectivity index (χ0v) is 16.7. The van der Waals surface area contributed by atoms with Crippen LogP contribution in [0.1, 0.15) is 71.1 Å². The van der Waals surface area contributed by atoms with E-state index in [1.54, 1.807) is 5.57 Å². The van der Waals surface area contributed by atoms with E-state index >= 15 is 0 Å². The van der Waals surface area contributed by atoms with Crippen molar-refractivity contribution in [2.45, 2.75) is 71.1 Å². The largest absolute Gasteiger partial charge is 0.490 e. The van der Waals surface area contributed by atoms with Crippen LogP contribution in [0.15, 0.2) is 23.0 Å². The summed E-state index contributed by atoms with van der Waals surface area (Å²) in [6.07, 6.45) is 19.7. The van der Waals surface area contributed by atoms with Gasteiger partial charge in [0.25, 0.3) is 0 Å². The number of rotatable bonds is 3. The van der Waals surface area contributed by atoms with Crippen molar-refractivity contribution in [1.29, 1.82) is 0 Å². The first-order valence-corrected chi connectivity index (χ1v) is 10.6. The van der Waals surface area contributed by atoms with E-state index in [1.165, 1.54) is 32.8 Å². The van der Waals surface area contributed by atoms with Gasteiger partial charge in [0.15, 0.2) is 0 Å². The number of terminal acetylenes is 1. The summed E-state index contributed by atoms with van der Waals surface area (Å²) in [5.41, 5.74) is 2.88. The molecule has 0 bridgehead atoms. The van der Waals surface area contributed by atoms with E-state index in [-0.39, 0.29) is 16.6 Å².